The molecule has 376 valence electrons. The zero-order chi connectivity index (χ0) is 46.7. The Morgan fingerprint density at radius 1 is 0.375 bits per heavy atom. The van der Waals surface area contributed by atoms with E-state index in [1.54, 1.807) is 0 Å². The van der Waals surface area contributed by atoms with Crippen LogP contribution in [-0.2, 0) is 4.79 Å². The van der Waals surface area contributed by atoms with Gasteiger partial charge in [-0.1, -0.05) is 242 Å². The molecule has 0 radical (unpaired) electrons. The largest absolute Gasteiger partial charge is 0.394 e. The molecule has 0 aromatic rings. The number of carbonyl (C=O) groups is 1. The molecule has 0 aromatic carbocycles. The van der Waals surface area contributed by atoms with Crippen molar-refractivity contribution >= 4 is 5.91 Å². The van der Waals surface area contributed by atoms with Crippen LogP contribution in [0.1, 0.15) is 284 Å². The van der Waals surface area contributed by atoms with Gasteiger partial charge in [-0.15, -0.1) is 0 Å². The summed E-state index contributed by atoms with van der Waals surface area (Å²) in [5.41, 5.74) is 0. The average Bonchev–Trinajstić information content (AvgIpc) is 3.30. The minimum absolute atomic E-state index is 0.353. The van der Waals surface area contributed by atoms with Gasteiger partial charge < -0.3 is 25.7 Å². The molecule has 0 bridgehead atoms. The highest BCUT2D eigenvalue weighted by Crippen LogP contribution is 2.16. The summed E-state index contributed by atoms with van der Waals surface area (Å²) in [4.78, 5) is 12.6. The molecule has 0 heterocycles. The van der Waals surface area contributed by atoms with E-state index in [0.29, 0.717) is 19.3 Å². The first-order valence-electron chi connectivity index (χ1n) is 28.0. The van der Waals surface area contributed by atoms with Crippen molar-refractivity contribution in [1.82, 2.24) is 5.32 Å². The van der Waals surface area contributed by atoms with Gasteiger partial charge in [-0.05, 0) is 89.9 Å². The quantitative estimate of drug-likeness (QED) is 0.0309. The number of hydrogen-bond donors (Lipinski definition) is 5. The molecule has 0 spiro atoms. The fourth-order valence-electron chi connectivity index (χ4n) is 8.55. The number of carbonyl (C=O) groups excluding carboxylic acids is 1. The van der Waals surface area contributed by atoms with Gasteiger partial charge in [-0.25, -0.2) is 0 Å². The highest BCUT2D eigenvalue weighted by Gasteiger charge is 2.28. The minimum Gasteiger partial charge on any atom is -0.394 e. The molecule has 1 amide bonds. The molecule has 64 heavy (non-hydrogen) atoms. The number of nitrogens with one attached hydrogen (secondary N) is 1. The predicted octanol–water partition coefficient (Wildman–Crippen LogP) is 16.2. The molecule has 4 unspecified atom stereocenters. The van der Waals surface area contributed by atoms with Crippen LogP contribution >= 0.6 is 0 Å². The van der Waals surface area contributed by atoms with Crippen LogP contribution in [0.5, 0.6) is 0 Å². The lowest BCUT2D eigenvalue weighted by atomic mass is 10.00. The van der Waals surface area contributed by atoms with Crippen LogP contribution in [0.3, 0.4) is 0 Å². The van der Waals surface area contributed by atoms with E-state index >= 15 is 0 Å². The molecule has 0 saturated carbocycles. The summed E-state index contributed by atoms with van der Waals surface area (Å²) in [5, 5.41) is 43.9. The van der Waals surface area contributed by atoms with Crippen molar-refractivity contribution in [3.05, 3.63) is 48.6 Å². The lowest BCUT2D eigenvalue weighted by Crippen LogP contribution is -2.53. The second kappa shape index (κ2) is 52.2. The van der Waals surface area contributed by atoms with Gasteiger partial charge in [0.2, 0.25) is 5.91 Å². The van der Waals surface area contributed by atoms with Crippen LogP contribution < -0.4 is 5.32 Å². The maximum Gasteiger partial charge on any atom is 0.249 e. The summed E-state index contributed by atoms with van der Waals surface area (Å²) in [7, 11) is 0. The van der Waals surface area contributed by atoms with Crippen molar-refractivity contribution in [1.29, 1.82) is 0 Å². The molecule has 0 aliphatic heterocycles. The minimum atomic E-state index is -1.30. The smallest absolute Gasteiger partial charge is 0.249 e. The van der Waals surface area contributed by atoms with Crippen molar-refractivity contribution < 1.29 is 25.2 Å². The van der Waals surface area contributed by atoms with E-state index in [1.807, 2.05) is 0 Å². The molecule has 0 aliphatic rings. The number of aliphatic hydroxyl groups is 4. The van der Waals surface area contributed by atoms with Crippen LogP contribution in [0.15, 0.2) is 48.6 Å². The molecule has 6 heteroatoms. The van der Waals surface area contributed by atoms with Gasteiger partial charge in [-0.2, -0.15) is 0 Å². The molecule has 5 N–H and O–H groups in total. The lowest BCUT2D eigenvalue weighted by molar-refractivity contribution is -0.132. The summed E-state index contributed by atoms with van der Waals surface area (Å²) in [6.45, 7) is 4.06. The number of unbranched alkanes of at least 4 members (excludes halogenated alkanes) is 34. The summed E-state index contributed by atoms with van der Waals surface area (Å²) in [6.07, 6.45) is 66.0. The van der Waals surface area contributed by atoms with Crippen LogP contribution in [0.2, 0.25) is 0 Å². The lowest BCUT2D eigenvalue weighted by Gasteiger charge is -2.27. The van der Waals surface area contributed by atoms with E-state index in [1.165, 1.54) is 199 Å². The number of aliphatic hydroxyl groups excluding tert-OH is 4. The van der Waals surface area contributed by atoms with E-state index in [2.05, 4.69) is 67.8 Å². The van der Waals surface area contributed by atoms with Gasteiger partial charge in [0, 0.05) is 0 Å². The number of amides is 1. The molecule has 4 atom stereocenters. The zero-order valence-corrected chi connectivity index (χ0v) is 42.5. The molecule has 0 rings (SSSR count). The normalized spacial score (nSPS) is 14.2. The highest BCUT2D eigenvalue weighted by molar-refractivity contribution is 5.80. The van der Waals surface area contributed by atoms with Crippen LogP contribution in [0.4, 0.5) is 0 Å². The molecule has 0 aromatic heterocycles. The second-order valence-corrected chi connectivity index (χ2v) is 19.3. The third-order valence-corrected chi connectivity index (χ3v) is 13.0. The Bertz CT molecular complexity index is 1060. The molecule has 0 saturated heterocycles. The third-order valence-electron chi connectivity index (χ3n) is 13.0. The van der Waals surface area contributed by atoms with Crippen LogP contribution in [0, 0.1) is 0 Å². The molecular weight excluding hydrogens is 791 g/mol. The summed E-state index contributed by atoms with van der Waals surface area (Å²) >= 11 is 0. The van der Waals surface area contributed by atoms with Crippen molar-refractivity contribution in [3.63, 3.8) is 0 Å². The summed E-state index contributed by atoms with van der Waals surface area (Å²) in [5.74, 6) is -0.601. The Hall–Kier alpha value is -1.73. The first-order chi connectivity index (χ1) is 31.5. The number of hydrogen-bond acceptors (Lipinski definition) is 5. The first-order valence-corrected chi connectivity index (χ1v) is 28.0. The van der Waals surface area contributed by atoms with Gasteiger partial charge in [0.1, 0.15) is 12.2 Å². The second-order valence-electron chi connectivity index (χ2n) is 19.3. The summed E-state index contributed by atoms with van der Waals surface area (Å²) in [6, 6.07) is -1.02. The van der Waals surface area contributed by atoms with Crippen molar-refractivity contribution in [2.24, 2.45) is 0 Å². The maximum absolute atomic E-state index is 12.6. The topological polar surface area (TPSA) is 110 Å². The van der Waals surface area contributed by atoms with E-state index in [9.17, 15) is 25.2 Å². The van der Waals surface area contributed by atoms with Crippen molar-refractivity contribution in [2.45, 2.75) is 308 Å². The van der Waals surface area contributed by atoms with E-state index in [-0.39, 0.29) is 0 Å². The number of rotatable bonds is 51. The fourth-order valence-corrected chi connectivity index (χ4v) is 8.55. The highest BCUT2D eigenvalue weighted by atomic mass is 16.3. The average molecular weight is 901 g/mol. The maximum atomic E-state index is 12.6. The molecule has 0 aliphatic carbocycles. The first kappa shape index (κ1) is 62.3. The Labute approximate surface area is 398 Å². The molecule has 0 fully saturated rings. The van der Waals surface area contributed by atoms with Gasteiger partial charge in [0.15, 0.2) is 0 Å². The Balaban J connectivity index is 3.73. The summed E-state index contributed by atoms with van der Waals surface area (Å²) < 4.78 is 0. The van der Waals surface area contributed by atoms with Crippen LogP contribution in [0.25, 0.3) is 0 Å². The number of allylic oxidation sites excluding steroid dienone is 8. The van der Waals surface area contributed by atoms with E-state index in [0.717, 1.165) is 51.4 Å². The molecule has 6 nitrogen and oxygen atoms in total. The van der Waals surface area contributed by atoms with Crippen molar-refractivity contribution in [3.8, 4) is 0 Å². The van der Waals surface area contributed by atoms with E-state index < -0.39 is 36.9 Å². The standard InChI is InChI=1S/C58H109NO5/c1-3-5-7-9-11-13-15-17-19-21-23-25-27-28-30-31-33-35-37-39-41-43-45-47-49-51-55(61)57(63)54(53-60)59-58(64)56(62)52-50-48-46-44-42-40-38-36-34-32-29-26-24-22-20-18-16-14-12-10-8-6-4-2/h28,30,32,34-35,37,43,45,54-57,60-63H,3-27,29,31,33,36,38-42,44,46-53H2,1-2H3,(H,59,64)/b30-28+,34-32-,37-35+,45-43+. The van der Waals surface area contributed by atoms with Crippen LogP contribution in [-0.4, -0.2) is 57.3 Å². The van der Waals surface area contributed by atoms with Gasteiger partial charge >= 0.3 is 0 Å². The monoisotopic (exact) mass is 900 g/mol. The van der Waals surface area contributed by atoms with Gasteiger partial charge in [-0.3, -0.25) is 4.79 Å². The fraction of sp³-hybridized carbons (Fsp3) is 0.845. The van der Waals surface area contributed by atoms with Crippen molar-refractivity contribution in [2.75, 3.05) is 6.61 Å². The molecular formula is C58H109NO5. The van der Waals surface area contributed by atoms with Gasteiger partial charge in [0.05, 0.1) is 18.8 Å². The zero-order valence-electron chi connectivity index (χ0n) is 42.5. The Morgan fingerprint density at radius 3 is 0.984 bits per heavy atom. The Kier molecular flexibility index (Phi) is 50.8. The SMILES string of the molecule is CCCCCCCCCCCCCC/C=C\CCCCCCCCCC(O)C(=O)NC(CO)C(O)C(O)CCC/C=C/CC/C=C/CC/C=C/CCCCCCCCCCCCCC. The Morgan fingerprint density at radius 2 is 0.656 bits per heavy atom. The third kappa shape index (κ3) is 45.4. The van der Waals surface area contributed by atoms with E-state index in [4.69, 9.17) is 0 Å². The van der Waals surface area contributed by atoms with Gasteiger partial charge in [0.25, 0.3) is 0 Å². The predicted molar refractivity (Wildman–Crippen MR) is 279 cm³/mol.